The average molecular weight is 333 g/mol. The highest BCUT2D eigenvalue weighted by atomic mass is 35.5. The summed E-state index contributed by atoms with van der Waals surface area (Å²) < 4.78 is 4.80. The fraction of sp³-hybridized carbons (Fsp3) is 0.375. The van der Waals surface area contributed by atoms with Gasteiger partial charge in [0.05, 0.1) is 7.11 Å². The van der Waals surface area contributed by atoms with Crippen molar-refractivity contribution in [3.05, 3.63) is 40.9 Å². The molecule has 2 aromatic rings. The van der Waals surface area contributed by atoms with E-state index in [4.69, 9.17) is 16.3 Å². The topological polar surface area (TPSA) is 68.2 Å². The van der Waals surface area contributed by atoms with Crippen molar-refractivity contribution in [2.24, 2.45) is 0 Å². The Morgan fingerprint density at radius 2 is 2.17 bits per heavy atom. The molecule has 0 aliphatic heterocycles. The van der Waals surface area contributed by atoms with Crippen molar-refractivity contribution < 1.29 is 9.53 Å². The minimum absolute atomic E-state index is 0.107. The van der Waals surface area contributed by atoms with Crippen LogP contribution in [-0.4, -0.2) is 34.6 Å². The zero-order valence-electron chi connectivity index (χ0n) is 13.0. The molecule has 0 aromatic carbocycles. The Hall–Kier alpha value is -2.21. The number of halogens is 1. The van der Waals surface area contributed by atoms with Crippen molar-refractivity contribution in [1.29, 1.82) is 0 Å². The third kappa shape index (κ3) is 3.12. The van der Waals surface area contributed by atoms with Crippen LogP contribution in [0.3, 0.4) is 0 Å². The van der Waals surface area contributed by atoms with E-state index in [-0.39, 0.29) is 16.6 Å². The summed E-state index contributed by atoms with van der Waals surface area (Å²) in [7, 11) is 1.31. The first-order valence-corrected chi connectivity index (χ1v) is 7.87. The Kier molecular flexibility index (Phi) is 4.43. The molecule has 0 unspecified atom stereocenters. The number of carbonyl (C=O) groups excluding carboxylic acids is 1. The smallest absolute Gasteiger partial charge is 0.358 e. The molecular formula is C16H17ClN4O2. The number of ether oxygens (including phenoxy) is 1. The van der Waals surface area contributed by atoms with Crippen LogP contribution < -0.4 is 4.90 Å². The zero-order chi connectivity index (χ0) is 16.4. The normalized spacial score (nSPS) is 13.7. The molecule has 0 radical (unpaired) electrons. The molecule has 0 spiro atoms. The number of hydrogen-bond donors (Lipinski definition) is 0. The Bertz CT molecular complexity index is 720. The number of rotatable bonds is 5. The van der Waals surface area contributed by atoms with Crippen LogP contribution in [0.25, 0.3) is 0 Å². The number of nitrogens with zero attached hydrogens (tertiary/aromatic N) is 4. The average Bonchev–Trinajstić information content (AvgIpc) is 3.42. The maximum absolute atomic E-state index is 12.0. The van der Waals surface area contributed by atoms with Crippen LogP contribution in [0.5, 0.6) is 0 Å². The number of aromatic nitrogens is 3. The molecule has 7 heteroatoms. The quantitative estimate of drug-likeness (QED) is 0.782. The van der Waals surface area contributed by atoms with Gasteiger partial charge in [0.25, 0.3) is 0 Å². The second-order valence-corrected chi connectivity index (χ2v) is 5.64. The van der Waals surface area contributed by atoms with E-state index in [1.165, 1.54) is 7.11 Å². The third-order valence-electron chi connectivity index (χ3n) is 3.67. The molecule has 0 bridgehead atoms. The maximum Gasteiger partial charge on any atom is 0.358 e. The molecule has 1 aliphatic carbocycles. The molecule has 120 valence electrons. The van der Waals surface area contributed by atoms with Crippen molar-refractivity contribution in [3.8, 4) is 0 Å². The number of methoxy groups -OCH3 is 1. The molecule has 6 nitrogen and oxygen atoms in total. The van der Waals surface area contributed by atoms with Crippen LogP contribution >= 0.6 is 11.6 Å². The third-order valence-corrected chi connectivity index (χ3v) is 4.02. The molecule has 0 atom stereocenters. The standard InChI is InChI=1S/C16H17ClN4O2/c1-3-21(11-6-4-5-9-18-11)15-12(17)13(16(22)23-2)19-14(20-15)10-7-8-10/h4-6,9-10H,3,7-8H2,1-2H3. The summed E-state index contributed by atoms with van der Waals surface area (Å²) in [5.74, 6) is 1.58. The molecule has 1 aliphatic rings. The van der Waals surface area contributed by atoms with Gasteiger partial charge in [0.15, 0.2) is 11.5 Å². The molecule has 3 rings (SSSR count). The van der Waals surface area contributed by atoms with Gasteiger partial charge in [0, 0.05) is 18.7 Å². The molecule has 23 heavy (non-hydrogen) atoms. The summed E-state index contributed by atoms with van der Waals surface area (Å²) in [5, 5.41) is 0.189. The van der Waals surface area contributed by atoms with E-state index < -0.39 is 5.97 Å². The second kappa shape index (κ2) is 6.50. The van der Waals surface area contributed by atoms with Crippen molar-refractivity contribution >= 4 is 29.2 Å². The molecular weight excluding hydrogens is 316 g/mol. The largest absolute Gasteiger partial charge is 0.464 e. The van der Waals surface area contributed by atoms with Crippen LogP contribution in [0.2, 0.25) is 5.02 Å². The molecule has 0 amide bonds. The van der Waals surface area contributed by atoms with Crippen molar-refractivity contribution in [3.63, 3.8) is 0 Å². The summed E-state index contributed by atoms with van der Waals surface area (Å²) >= 11 is 6.41. The van der Waals surface area contributed by atoms with Gasteiger partial charge in [-0.2, -0.15) is 0 Å². The number of pyridine rings is 1. The van der Waals surface area contributed by atoms with Crippen molar-refractivity contribution in [2.45, 2.75) is 25.7 Å². The lowest BCUT2D eigenvalue weighted by molar-refractivity contribution is 0.0593. The Morgan fingerprint density at radius 1 is 1.39 bits per heavy atom. The van der Waals surface area contributed by atoms with Crippen molar-refractivity contribution in [1.82, 2.24) is 15.0 Å². The van der Waals surface area contributed by atoms with Crippen LogP contribution in [0, 0.1) is 0 Å². The summed E-state index contributed by atoms with van der Waals surface area (Å²) in [6, 6.07) is 5.61. The van der Waals surface area contributed by atoms with Gasteiger partial charge in [-0.1, -0.05) is 17.7 Å². The molecule has 2 heterocycles. The lowest BCUT2D eigenvalue weighted by atomic mass is 10.3. The molecule has 1 saturated carbocycles. The van der Waals surface area contributed by atoms with Gasteiger partial charge >= 0.3 is 5.97 Å². The summed E-state index contributed by atoms with van der Waals surface area (Å²) in [5.41, 5.74) is 0.107. The van der Waals surface area contributed by atoms with Crippen molar-refractivity contribution in [2.75, 3.05) is 18.6 Å². The van der Waals surface area contributed by atoms with Gasteiger partial charge in [-0.25, -0.2) is 19.7 Å². The van der Waals surface area contributed by atoms with Crippen LogP contribution in [0.1, 0.15) is 42.0 Å². The molecule has 0 saturated heterocycles. The Labute approximate surface area is 139 Å². The fourth-order valence-corrected chi connectivity index (χ4v) is 2.58. The number of esters is 1. The monoisotopic (exact) mass is 332 g/mol. The van der Waals surface area contributed by atoms with E-state index >= 15 is 0 Å². The van der Waals surface area contributed by atoms with Crippen LogP contribution in [0.15, 0.2) is 24.4 Å². The summed E-state index contributed by atoms with van der Waals surface area (Å²) in [6.07, 6.45) is 3.75. The number of anilines is 2. The second-order valence-electron chi connectivity index (χ2n) is 5.27. The minimum Gasteiger partial charge on any atom is -0.464 e. The maximum atomic E-state index is 12.0. The van der Waals surface area contributed by atoms with Gasteiger partial charge in [-0.3, -0.25) is 0 Å². The Morgan fingerprint density at radius 3 is 2.74 bits per heavy atom. The number of hydrogen-bond acceptors (Lipinski definition) is 6. The van der Waals surface area contributed by atoms with Gasteiger partial charge in [-0.05, 0) is 31.9 Å². The van der Waals surface area contributed by atoms with Gasteiger partial charge in [-0.15, -0.1) is 0 Å². The SMILES string of the molecule is CCN(c1ccccn1)c1nc(C2CC2)nc(C(=O)OC)c1Cl. The minimum atomic E-state index is -0.558. The van der Waals surface area contributed by atoms with E-state index in [2.05, 4.69) is 15.0 Å². The highest BCUT2D eigenvalue weighted by Crippen LogP contribution is 2.41. The van der Waals surface area contributed by atoms with Crippen LogP contribution in [-0.2, 0) is 4.74 Å². The van der Waals surface area contributed by atoms with E-state index in [1.54, 1.807) is 6.20 Å². The van der Waals surface area contributed by atoms with Gasteiger partial charge in [0.1, 0.15) is 16.7 Å². The zero-order valence-corrected chi connectivity index (χ0v) is 13.7. The predicted octanol–water partition coefficient (Wildman–Crippen LogP) is 3.35. The first-order valence-electron chi connectivity index (χ1n) is 7.50. The first kappa shape index (κ1) is 15.7. The lowest BCUT2D eigenvalue weighted by Gasteiger charge is -2.23. The van der Waals surface area contributed by atoms with E-state index in [0.717, 1.165) is 12.8 Å². The molecule has 0 N–H and O–H groups in total. The predicted molar refractivity (Wildman–Crippen MR) is 87.3 cm³/mol. The lowest BCUT2D eigenvalue weighted by Crippen LogP contribution is -2.21. The van der Waals surface area contributed by atoms with Gasteiger partial charge in [0.2, 0.25) is 0 Å². The van der Waals surface area contributed by atoms with Gasteiger partial charge < -0.3 is 9.64 Å². The van der Waals surface area contributed by atoms with E-state index in [1.807, 2.05) is 30.0 Å². The van der Waals surface area contributed by atoms with E-state index in [0.29, 0.717) is 24.0 Å². The fourth-order valence-electron chi connectivity index (χ4n) is 2.32. The summed E-state index contributed by atoms with van der Waals surface area (Å²) in [4.78, 5) is 27.1. The highest BCUT2D eigenvalue weighted by Gasteiger charge is 2.31. The highest BCUT2D eigenvalue weighted by molar-refractivity contribution is 6.35. The molecule has 2 aromatic heterocycles. The Balaban J connectivity index is 2.12. The first-order chi connectivity index (χ1) is 11.2. The molecule has 1 fully saturated rings. The van der Waals surface area contributed by atoms with E-state index in [9.17, 15) is 4.79 Å². The summed E-state index contributed by atoms with van der Waals surface area (Å²) in [6.45, 7) is 2.58. The number of carbonyl (C=O) groups is 1. The van der Waals surface area contributed by atoms with Crippen LogP contribution in [0.4, 0.5) is 11.6 Å².